The molecule has 1 heterocycles. The van der Waals surface area contributed by atoms with Crippen molar-refractivity contribution in [1.29, 1.82) is 0 Å². The maximum Gasteiger partial charge on any atom is 0.0991 e. The van der Waals surface area contributed by atoms with Crippen molar-refractivity contribution in [2.24, 2.45) is 5.73 Å². The van der Waals surface area contributed by atoms with E-state index in [0.717, 1.165) is 29.1 Å². The molecule has 0 fully saturated rings. The molecule has 3 nitrogen and oxygen atoms in total. The smallest absolute Gasteiger partial charge is 0.0991 e. The van der Waals surface area contributed by atoms with Gasteiger partial charge in [0.05, 0.1) is 12.0 Å². The number of aromatic nitrogens is 2. The number of rotatable bonds is 4. The Bertz CT molecular complexity index is 479. The third-order valence-electron chi connectivity index (χ3n) is 2.87. The van der Waals surface area contributed by atoms with E-state index in [0.29, 0.717) is 0 Å². The van der Waals surface area contributed by atoms with E-state index in [1.807, 2.05) is 29.0 Å². The van der Waals surface area contributed by atoms with E-state index in [-0.39, 0.29) is 6.04 Å². The molecule has 1 aromatic heterocycles. The van der Waals surface area contributed by atoms with E-state index >= 15 is 0 Å². The Morgan fingerprint density at radius 1 is 1.47 bits per heavy atom. The van der Waals surface area contributed by atoms with E-state index in [4.69, 9.17) is 17.3 Å². The van der Waals surface area contributed by atoms with E-state index in [2.05, 4.69) is 11.9 Å². The van der Waals surface area contributed by atoms with Gasteiger partial charge in [-0.2, -0.15) is 0 Å². The summed E-state index contributed by atoms with van der Waals surface area (Å²) in [4.78, 5) is 4.06. The van der Waals surface area contributed by atoms with Crippen molar-refractivity contribution in [2.75, 3.05) is 0 Å². The molecule has 2 N–H and O–H groups in total. The van der Waals surface area contributed by atoms with Crippen molar-refractivity contribution in [2.45, 2.75) is 25.8 Å². The minimum atomic E-state index is 0.136. The van der Waals surface area contributed by atoms with Gasteiger partial charge in [0.25, 0.3) is 0 Å². The predicted molar refractivity (Wildman–Crippen MR) is 70.5 cm³/mol. The quantitative estimate of drug-likeness (QED) is 0.906. The predicted octanol–water partition coefficient (Wildman–Crippen LogP) is 2.81. The number of nitrogens with two attached hydrogens (primary N) is 1. The highest BCUT2D eigenvalue weighted by atomic mass is 35.5. The van der Waals surface area contributed by atoms with Gasteiger partial charge >= 0.3 is 0 Å². The van der Waals surface area contributed by atoms with Gasteiger partial charge in [0, 0.05) is 23.5 Å². The van der Waals surface area contributed by atoms with Crippen LogP contribution in [0.5, 0.6) is 0 Å². The molecule has 0 radical (unpaired) electrons. The zero-order chi connectivity index (χ0) is 12.3. The van der Waals surface area contributed by atoms with Crippen LogP contribution in [-0.2, 0) is 6.42 Å². The van der Waals surface area contributed by atoms with Crippen molar-refractivity contribution in [1.82, 2.24) is 9.55 Å². The van der Waals surface area contributed by atoms with Gasteiger partial charge in [-0.25, -0.2) is 4.98 Å². The average Bonchev–Trinajstić information content (AvgIpc) is 2.85. The summed E-state index contributed by atoms with van der Waals surface area (Å²) in [7, 11) is 0. The first-order valence-corrected chi connectivity index (χ1v) is 6.11. The summed E-state index contributed by atoms with van der Waals surface area (Å²) < 4.78 is 1.96. The lowest BCUT2D eigenvalue weighted by Crippen LogP contribution is -2.22. The van der Waals surface area contributed by atoms with Gasteiger partial charge in [-0.3, -0.25) is 0 Å². The molecule has 0 aliphatic heterocycles. The highest BCUT2D eigenvalue weighted by molar-refractivity contribution is 6.31. The van der Waals surface area contributed by atoms with E-state index in [1.54, 1.807) is 12.5 Å². The molecule has 2 rings (SSSR count). The van der Waals surface area contributed by atoms with Gasteiger partial charge in [-0.15, -0.1) is 0 Å². The highest BCUT2D eigenvalue weighted by Crippen LogP contribution is 2.24. The fourth-order valence-corrected chi connectivity index (χ4v) is 2.05. The first kappa shape index (κ1) is 12.1. The monoisotopic (exact) mass is 249 g/mol. The molecule has 17 heavy (non-hydrogen) atoms. The normalized spacial score (nSPS) is 12.6. The molecular formula is C13H16ClN3. The Morgan fingerprint density at radius 3 is 2.94 bits per heavy atom. The largest absolute Gasteiger partial charge is 0.327 e. The summed E-state index contributed by atoms with van der Waals surface area (Å²) in [5.41, 5.74) is 8.15. The fourth-order valence-electron chi connectivity index (χ4n) is 1.80. The standard InChI is InChI=1S/C13H16ClN3/c1-2-10(15)8-11-12(14)4-3-5-13(11)17-7-6-16-9-17/h3-7,9-10H,2,8,15H2,1H3. The van der Waals surface area contributed by atoms with Gasteiger partial charge in [0.2, 0.25) is 0 Å². The lowest BCUT2D eigenvalue weighted by molar-refractivity contribution is 0.644. The summed E-state index contributed by atoms with van der Waals surface area (Å²) in [6.45, 7) is 2.08. The number of benzene rings is 1. The average molecular weight is 250 g/mol. The Labute approximate surface area is 106 Å². The van der Waals surface area contributed by atoms with Crippen molar-refractivity contribution in [3.05, 3.63) is 47.5 Å². The van der Waals surface area contributed by atoms with Crippen LogP contribution in [-0.4, -0.2) is 15.6 Å². The first-order valence-electron chi connectivity index (χ1n) is 5.73. The Morgan fingerprint density at radius 2 is 2.29 bits per heavy atom. The van der Waals surface area contributed by atoms with Crippen molar-refractivity contribution in [3.63, 3.8) is 0 Å². The molecule has 0 saturated carbocycles. The Balaban J connectivity index is 2.42. The molecular weight excluding hydrogens is 234 g/mol. The van der Waals surface area contributed by atoms with Gasteiger partial charge in [0.1, 0.15) is 0 Å². The van der Waals surface area contributed by atoms with Crippen LogP contribution in [0.3, 0.4) is 0 Å². The molecule has 0 aliphatic rings. The van der Waals surface area contributed by atoms with Crippen LogP contribution in [0.4, 0.5) is 0 Å². The van der Waals surface area contributed by atoms with Crippen molar-refractivity contribution in [3.8, 4) is 5.69 Å². The van der Waals surface area contributed by atoms with Crippen LogP contribution in [0, 0.1) is 0 Å². The van der Waals surface area contributed by atoms with Crippen LogP contribution < -0.4 is 5.73 Å². The summed E-state index contributed by atoms with van der Waals surface area (Å²) in [6, 6.07) is 6.01. The summed E-state index contributed by atoms with van der Waals surface area (Å²) >= 11 is 6.26. The van der Waals surface area contributed by atoms with Crippen molar-refractivity contribution < 1.29 is 0 Å². The molecule has 2 aromatic rings. The van der Waals surface area contributed by atoms with Crippen molar-refractivity contribution >= 4 is 11.6 Å². The molecule has 0 spiro atoms. The molecule has 0 amide bonds. The van der Waals surface area contributed by atoms with Gasteiger partial charge in [-0.05, 0) is 30.5 Å². The maximum atomic E-state index is 6.26. The van der Waals surface area contributed by atoms with Crippen LogP contribution in [0.15, 0.2) is 36.9 Å². The topological polar surface area (TPSA) is 43.8 Å². The summed E-state index contributed by atoms with van der Waals surface area (Å²) in [6.07, 6.45) is 7.15. The third-order valence-corrected chi connectivity index (χ3v) is 3.22. The number of hydrogen-bond donors (Lipinski definition) is 1. The molecule has 4 heteroatoms. The highest BCUT2D eigenvalue weighted by Gasteiger charge is 2.11. The number of imidazole rings is 1. The second-order valence-corrected chi connectivity index (χ2v) is 4.49. The minimum Gasteiger partial charge on any atom is -0.327 e. The Kier molecular flexibility index (Phi) is 3.82. The third kappa shape index (κ3) is 2.68. The minimum absolute atomic E-state index is 0.136. The SMILES string of the molecule is CCC(N)Cc1c(Cl)cccc1-n1ccnc1. The zero-order valence-corrected chi connectivity index (χ0v) is 10.6. The summed E-state index contributed by atoms with van der Waals surface area (Å²) in [5.74, 6) is 0. The van der Waals surface area contributed by atoms with E-state index in [1.165, 1.54) is 0 Å². The zero-order valence-electron chi connectivity index (χ0n) is 9.81. The first-order chi connectivity index (χ1) is 8.22. The van der Waals surface area contributed by atoms with Crippen LogP contribution in [0.25, 0.3) is 5.69 Å². The lowest BCUT2D eigenvalue weighted by atomic mass is 10.0. The maximum absolute atomic E-state index is 6.26. The van der Waals surface area contributed by atoms with Crippen LogP contribution in [0.2, 0.25) is 5.02 Å². The fraction of sp³-hybridized carbons (Fsp3) is 0.308. The van der Waals surface area contributed by atoms with E-state index < -0.39 is 0 Å². The molecule has 1 atom stereocenters. The molecule has 0 saturated heterocycles. The number of nitrogens with zero attached hydrogens (tertiary/aromatic N) is 2. The molecule has 0 bridgehead atoms. The Hall–Kier alpha value is -1.32. The molecule has 90 valence electrons. The van der Waals surface area contributed by atoms with Gasteiger partial charge < -0.3 is 10.3 Å². The number of halogens is 1. The van der Waals surface area contributed by atoms with Crippen LogP contribution >= 0.6 is 11.6 Å². The van der Waals surface area contributed by atoms with Gasteiger partial charge in [0.15, 0.2) is 0 Å². The molecule has 1 aromatic carbocycles. The number of hydrogen-bond acceptors (Lipinski definition) is 2. The molecule has 0 aliphatic carbocycles. The second kappa shape index (κ2) is 5.34. The van der Waals surface area contributed by atoms with E-state index in [9.17, 15) is 0 Å². The molecule has 1 unspecified atom stereocenters. The van der Waals surface area contributed by atoms with Crippen LogP contribution in [0.1, 0.15) is 18.9 Å². The van der Waals surface area contributed by atoms with Gasteiger partial charge in [-0.1, -0.05) is 24.6 Å². The second-order valence-electron chi connectivity index (χ2n) is 4.08. The summed E-state index contributed by atoms with van der Waals surface area (Å²) in [5, 5.41) is 0.764. The lowest BCUT2D eigenvalue weighted by Gasteiger charge is -2.15.